The van der Waals surface area contributed by atoms with E-state index in [2.05, 4.69) is 10.7 Å². The standard InChI is InChI=1S/C18H36N4O5/c1-4-26-11-12-27-10-6-15(24)20-8-7-18(2,3)16(21-19)17(25)22-9-5-14(23)13-22/h14,16,21,23H,4-13,19H2,1-3H3,(H,20,24). The second-order valence-electron chi connectivity index (χ2n) is 7.47. The first kappa shape index (κ1) is 23.8. The molecule has 0 bridgehead atoms. The van der Waals surface area contributed by atoms with Crippen molar-refractivity contribution in [1.29, 1.82) is 0 Å². The summed E-state index contributed by atoms with van der Waals surface area (Å²) >= 11 is 0. The molecule has 2 unspecified atom stereocenters. The lowest BCUT2D eigenvalue weighted by atomic mass is 9.80. The van der Waals surface area contributed by atoms with Gasteiger partial charge < -0.3 is 24.8 Å². The van der Waals surface area contributed by atoms with E-state index in [1.807, 2.05) is 20.8 Å². The molecule has 0 aromatic carbocycles. The lowest BCUT2D eigenvalue weighted by molar-refractivity contribution is -0.135. The number of nitrogens with two attached hydrogens (primary N) is 1. The van der Waals surface area contributed by atoms with Crippen LogP contribution in [0.3, 0.4) is 0 Å². The van der Waals surface area contributed by atoms with Crippen LogP contribution in [-0.2, 0) is 19.1 Å². The number of nitrogens with zero attached hydrogens (tertiary/aromatic N) is 1. The number of β-amino-alcohol motifs (C(OH)–C–C–N with tert-alkyl or cyclic N) is 1. The van der Waals surface area contributed by atoms with E-state index >= 15 is 0 Å². The van der Waals surface area contributed by atoms with Crippen LogP contribution in [0, 0.1) is 5.41 Å². The minimum absolute atomic E-state index is 0.0894. The van der Waals surface area contributed by atoms with E-state index in [0.717, 1.165) is 0 Å². The van der Waals surface area contributed by atoms with Crippen molar-refractivity contribution in [2.24, 2.45) is 11.3 Å². The molecular formula is C18H36N4O5. The smallest absolute Gasteiger partial charge is 0.241 e. The summed E-state index contributed by atoms with van der Waals surface area (Å²) < 4.78 is 10.5. The fourth-order valence-electron chi connectivity index (χ4n) is 3.04. The molecule has 0 aliphatic carbocycles. The molecule has 1 aliphatic heterocycles. The lowest BCUT2D eigenvalue weighted by Gasteiger charge is -2.35. The summed E-state index contributed by atoms with van der Waals surface area (Å²) in [5, 5.41) is 12.5. The number of hydrogen-bond acceptors (Lipinski definition) is 7. The van der Waals surface area contributed by atoms with Crippen molar-refractivity contribution in [1.82, 2.24) is 15.6 Å². The van der Waals surface area contributed by atoms with Crippen molar-refractivity contribution in [2.45, 2.75) is 52.2 Å². The van der Waals surface area contributed by atoms with Crippen LogP contribution < -0.4 is 16.6 Å². The molecule has 5 N–H and O–H groups in total. The fraction of sp³-hybridized carbons (Fsp3) is 0.889. The molecule has 2 atom stereocenters. The fourth-order valence-corrected chi connectivity index (χ4v) is 3.04. The zero-order chi connectivity index (χ0) is 20.3. The number of aliphatic hydroxyl groups is 1. The molecule has 0 saturated carbocycles. The highest BCUT2D eigenvalue weighted by Crippen LogP contribution is 2.27. The zero-order valence-electron chi connectivity index (χ0n) is 16.8. The Morgan fingerprint density at radius 3 is 2.59 bits per heavy atom. The molecule has 1 rings (SSSR count). The van der Waals surface area contributed by atoms with Crippen molar-refractivity contribution in [3.63, 3.8) is 0 Å². The SMILES string of the molecule is CCOCCOCCC(=O)NCCC(C)(C)C(NN)C(=O)N1CCC(O)C1. The number of carbonyl (C=O) groups is 2. The summed E-state index contributed by atoms with van der Waals surface area (Å²) in [6.07, 6.45) is 0.994. The van der Waals surface area contributed by atoms with E-state index in [0.29, 0.717) is 58.9 Å². The van der Waals surface area contributed by atoms with E-state index in [-0.39, 0.29) is 18.2 Å². The minimum atomic E-state index is -0.582. The highest BCUT2D eigenvalue weighted by atomic mass is 16.5. The number of hydrazine groups is 1. The van der Waals surface area contributed by atoms with Crippen LogP contribution in [0.5, 0.6) is 0 Å². The molecule has 9 heteroatoms. The van der Waals surface area contributed by atoms with E-state index in [1.54, 1.807) is 4.90 Å². The van der Waals surface area contributed by atoms with Gasteiger partial charge in [-0.3, -0.25) is 15.4 Å². The molecule has 1 heterocycles. The molecule has 0 spiro atoms. The monoisotopic (exact) mass is 388 g/mol. The molecule has 27 heavy (non-hydrogen) atoms. The summed E-state index contributed by atoms with van der Waals surface area (Å²) in [5.74, 6) is 5.43. The van der Waals surface area contributed by atoms with Crippen molar-refractivity contribution in [3.05, 3.63) is 0 Å². The molecule has 0 radical (unpaired) electrons. The predicted molar refractivity (Wildman–Crippen MR) is 102 cm³/mol. The molecule has 0 aromatic heterocycles. The van der Waals surface area contributed by atoms with Crippen molar-refractivity contribution in [2.75, 3.05) is 46.1 Å². The lowest BCUT2D eigenvalue weighted by Crippen LogP contribution is -2.56. The van der Waals surface area contributed by atoms with Gasteiger partial charge in [-0.1, -0.05) is 13.8 Å². The van der Waals surface area contributed by atoms with Gasteiger partial charge in [0.05, 0.1) is 25.9 Å². The quantitative estimate of drug-likeness (QED) is 0.188. The molecule has 9 nitrogen and oxygen atoms in total. The summed E-state index contributed by atoms with van der Waals surface area (Å²) in [5.41, 5.74) is 2.16. The molecular weight excluding hydrogens is 352 g/mol. The maximum Gasteiger partial charge on any atom is 0.241 e. The summed E-state index contributed by atoms with van der Waals surface area (Å²) in [4.78, 5) is 26.2. The highest BCUT2D eigenvalue weighted by Gasteiger charge is 2.38. The predicted octanol–water partition coefficient (Wildman–Crippen LogP) is -0.613. The Hall–Kier alpha value is -1.26. The number of ether oxygens (including phenoxy) is 2. The van der Waals surface area contributed by atoms with Gasteiger partial charge in [-0.25, -0.2) is 5.43 Å². The molecule has 1 aliphatic rings. The van der Waals surface area contributed by atoms with E-state index in [1.165, 1.54) is 0 Å². The van der Waals surface area contributed by atoms with Crippen LogP contribution in [-0.4, -0.2) is 80.0 Å². The van der Waals surface area contributed by atoms with Crippen molar-refractivity contribution >= 4 is 11.8 Å². The zero-order valence-corrected chi connectivity index (χ0v) is 16.8. The van der Waals surface area contributed by atoms with Gasteiger partial charge in [0.25, 0.3) is 0 Å². The number of carbonyl (C=O) groups excluding carboxylic acids is 2. The van der Waals surface area contributed by atoms with Crippen molar-refractivity contribution in [3.8, 4) is 0 Å². The Kier molecular flexibility index (Phi) is 10.8. The van der Waals surface area contributed by atoms with Gasteiger partial charge >= 0.3 is 0 Å². The minimum Gasteiger partial charge on any atom is -0.391 e. The third-order valence-electron chi connectivity index (χ3n) is 4.81. The molecule has 1 fully saturated rings. The molecule has 158 valence electrons. The third kappa shape index (κ3) is 8.52. The normalized spacial score (nSPS) is 18.6. The number of likely N-dealkylation sites (tertiary alicyclic amines) is 1. The Morgan fingerprint density at radius 2 is 2.00 bits per heavy atom. The summed E-state index contributed by atoms with van der Waals surface area (Å²) in [6.45, 7) is 9.12. The van der Waals surface area contributed by atoms with Crippen LogP contribution in [0.1, 0.15) is 40.0 Å². The topological polar surface area (TPSA) is 126 Å². The summed E-state index contributed by atoms with van der Waals surface area (Å²) in [6, 6.07) is -0.582. The first-order valence-electron chi connectivity index (χ1n) is 9.67. The van der Waals surface area contributed by atoms with Crippen LogP contribution >= 0.6 is 0 Å². The first-order valence-corrected chi connectivity index (χ1v) is 9.67. The number of aliphatic hydroxyl groups excluding tert-OH is 1. The average molecular weight is 389 g/mol. The van der Waals surface area contributed by atoms with Gasteiger partial charge in [0.15, 0.2) is 0 Å². The van der Waals surface area contributed by atoms with Gasteiger partial charge in [-0.2, -0.15) is 0 Å². The Bertz CT molecular complexity index is 461. The average Bonchev–Trinajstić information content (AvgIpc) is 3.04. The third-order valence-corrected chi connectivity index (χ3v) is 4.81. The molecule has 1 saturated heterocycles. The molecule has 0 aromatic rings. The number of nitrogens with one attached hydrogen (secondary N) is 2. The Labute approximate surface area is 161 Å². The van der Waals surface area contributed by atoms with Crippen LogP contribution in [0.25, 0.3) is 0 Å². The van der Waals surface area contributed by atoms with E-state index in [9.17, 15) is 14.7 Å². The maximum atomic E-state index is 12.7. The second kappa shape index (κ2) is 12.2. The molecule has 2 amide bonds. The Balaban J connectivity index is 2.31. The van der Waals surface area contributed by atoms with E-state index in [4.69, 9.17) is 15.3 Å². The van der Waals surface area contributed by atoms with Gasteiger partial charge in [-0.05, 0) is 25.2 Å². The number of amides is 2. The summed E-state index contributed by atoms with van der Waals surface area (Å²) in [7, 11) is 0. The van der Waals surface area contributed by atoms with Crippen molar-refractivity contribution < 1.29 is 24.2 Å². The largest absolute Gasteiger partial charge is 0.391 e. The van der Waals surface area contributed by atoms with Crippen LogP contribution in [0.15, 0.2) is 0 Å². The van der Waals surface area contributed by atoms with Gasteiger partial charge in [0.1, 0.15) is 6.04 Å². The number of hydrogen-bond donors (Lipinski definition) is 4. The second-order valence-corrected chi connectivity index (χ2v) is 7.47. The number of rotatable bonds is 13. The van der Waals surface area contributed by atoms with Gasteiger partial charge in [-0.15, -0.1) is 0 Å². The van der Waals surface area contributed by atoms with Crippen LogP contribution in [0.2, 0.25) is 0 Å². The highest BCUT2D eigenvalue weighted by molar-refractivity contribution is 5.83. The van der Waals surface area contributed by atoms with Crippen LogP contribution in [0.4, 0.5) is 0 Å². The van der Waals surface area contributed by atoms with Gasteiger partial charge in [0.2, 0.25) is 11.8 Å². The van der Waals surface area contributed by atoms with Gasteiger partial charge in [0, 0.05) is 32.7 Å². The first-order chi connectivity index (χ1) is 12.8. The maximum absolute atomic E-state index is 12.7. The Morgan fingerprint density at radius 1 is 1.30 bits per heavy atom. The van der Waals surface area contributed by atoms with E-state index < -0.39 is 17.6 Å².